The van der Waals surface area contributed by atoms with Crippen LogP contribution in [0, 0.1) is 23.3 Å². The maximum absolute atomic E-state index is 13.5. The SMILES string of the molecule is Nc1cc(F)c(Nc2cc(F)c(Br)cc2F)c(F)c1. The van der Waals surface area contributed by atoms with Gasteiger partial charge in [0.1, 0.15) is 17.3 Å². The fraction of sp³-hybridized carbons (Fsp3) is 0. The van der Waals surface area contributed by atoms with E-state index >= 15 is 0 Å². The molecular formula is C12H7BrF4N2. The Morgan fingerprint density at radius 3 is 2.00 bits per heavy atom. The van der Waals surface area contributed by atoms with E-state index in [4.69, 9.17) is 5.73 Å². The van der Waals surface area contributed by atoms with Gasteiger partial charge in [-0.15, -0.1) is 0 Å². The molecule has 2 aromatic carbocycles. The number of benzene rings is 2. The number of hydrogen-bond acceptors (Lipinski definition) is 2. The van der Waals surface area contributed by atoms with Crippen LogP contribution in [-0.4, -0.2) is 0 Å². The number of nitrogens with one attached hydrogen (secondary N) is 1. The molecule has 0 aromatic heterocycles. The number of nitrogens with two attached hydrogens (primary N) is 1. The molecule has 2 aromatic rings. The van der Waals surface area contributed by atoms with Crippen LogP contribution in [0.2, 0.25) is 0 Å². The zero-order chi connectivity index (χ0) is 14.2. The summed E-state index contributed by atoms with van der Waals surface area (Å²) in [5.41, 5.74) is 4.15. The molecule has 100 valence electrons. The average Bonchev–Trinajstić information content (AvgIpc) is 2.29. The zero-order valence-electron chi connectivity index (χ0n) is 9.28. The van der Waals surface area contributed by atoms with Crippen molar-refractivity contribution >= 4 is 33.0 Å². The third-order valence-electron chi connectivity index (χ3n) is 2.33. The van der Waals surface area contributed by atoms with Crippen molar-refractivity contribution in [2.45, 2.75) is 0 Å². The Hall–Kier alpha value is -1.76. The second kappa shape index (κ2) is 5.08. The van der Waals surface area contributed by atoms with E-state index in [0.29, 0.717) is 0 Å². The fourth-order valence-electron chi connectivity index (χ4n) is 1.47. The first-order valence-electron chi connectivity index (χ1n) is 5.04. The van der Waals surface area contributed by atoms with E-state index in [1.165, 1.54) is 0 Å². The highest BCUT2D eigenvalue weighted by Gasteiger charge is 2.14. The summed E-state index contributed by atoms with van der Waals surface area (Å²) in [5, 5.41) is 2.16. The van der Waals surface area contributed by atoms with Gasteiger partial charge in [-0.25, -0.2) is 17.6 Å². The third-order valence-corrected chi connectivity index (χ3v) is 2.94. The molecule has 0 unspecified atom stereocenters. The minimum Gasteiger partial charge on any atom is -0.399 e. The van der Waals surface area contributed by atoms with Crippen molar-refractivity contribution < 1.29 is 17.6 Å². The van der Waals surface area contributed by atoms with E-state index in [1.54, 1.807) is 0 Å². The second-order valence-corrected chi connectivity index (χ2v) is 4.59. The van der Waals surface area contributed by atoms with Gasteiger partial charge >= 0.3 is 0 Å². The molecule has 0 heterocycles. The number of anilines is 3. The number of rotatable bonds is 2. The van der Waals surface area contributed by atoms with E-state index in [1.807, 2.05) is 0 Å². The van der Waals surface area contributed by atoms with Gasteiger partial charge in [0.25, 0.3) is 0 Å². The van der Waals surface area contributed by atoms with Crippen molar-refractivity contribution in [3.05, 3.63) is 52.0 Å². The van der Waals surface area contributed by atoms with E-state index in [0.717, 1.165) is 24.3 Å². The van der Waals surface area contributed by atoms with Gasteiger partial charge in [-0.2, -0.15) is 0 Å². The molecule has 0 atom stereocenters. The highest BCUT2D eigenvalue weighted by atomic mass is 79.9. The molecule has 0 radical (unpaired) electrons. The third kappa shape index (κ3) is 2.81. The molecule has 0 aliphatic carbocycles. The predicted molar refractivity (Wildman–Crippen MR) is 68.1 cm³/mol. The van der Waals surface area contributed by atoms with Crippen LogP contribution in [0.25, 0.3) is 0 Å². The van der Waals surface area contributed by atoms with Gasteiger partial charge < -0.3 is 11.1 Å². The Morgan fingerprint density at radius 2 is 1.42 bits per heavy atom. The lowest BCUT2D eigenvalue weighted by Crippen LogP contribution is -2.02. The van der Waals surface area contributed by atoms with Crippen molar-refractivity contribution in [3.63, 3.8) is 0 Å². The lowest BCUT2D eigenvalue weighted by Gasteiger charge is -2.11. The Labute approximate surface area is 114 Å². The molecule has 2 rings (SSSR count). The zero-order valence-corrected chi connectivity index (χ0v) is 10.9. The van der Waals surface area contributed by atoms with Gasteiger partial charge in [-0.05, 0) is 34.1 Å². The summed E-state index contributed by atoms with van der Waals surface area (Å²) in [6, 6.07) is 3.39. The van der Waals surface area contributed by atoms with Crippen molar-refractivity contribution in [1.82, 2.24) is 0 Å². The summed E-state index contributed by atoms with van der Waals surface area (Å²) in [5.74, 6) is -3.62. The molecule has 3 N–H and O–H groups in total. The number of hydrogen-bond donors (Lipinski definition) is 2. The summed E-state index contributed by atoms with van der Waals surface area (Å²) in [6.45, 7) is 0. The Kier molecular flexibility index (Phi) is 3.66. The van der Waals surface area contributed by atoms with E-state index in [9.17, 15) is 17.6 Å². The molecule has 7 heteroatoms. The standard InChI is InChI=1S/C12H7BrF4N2/c13-6-3-8(15)11(4-7(6)14)19-12-9(16)1-5(18)2-10(12)17/h1-4,19H,18H2. The summed E-state index contributed by atoms with van der Waals surface area (Å²) >= 11 is 2.80. The first kappa shape index (κ1) is 13.7. The first-order chi connectivity index (χ1) is 8.88. The molecule has 0 fully saturated rings. The van der Waals surface area contributed by atoms with Gasteiger partial charge in [0.15, 0.2) is 11.6 Å². The topological polar surface area (TPSA) is 38.0 Å². The van der Waals surface area contributed by atoms with Crippen LogP contribution in [0.4, 0.5) is 34.6 Å². The predicted octanol–water partition coefficient (Wildman–Crippen LogP) is 4.33. The van der Waals surface area contributed by atoms with E-state index in [2.05, 4.69) is 21.2 Å². The van der Waals surface area contributed by atoms with Crippen LogP contribution in [-0.2, 0) is 0 Å². The van der Waals surface area contributed by atoms with Crippen LogP contribution < -0.4 is 11.1 Å². The molecule has 0 aliphatic rings. The van der Waals surface area contributed by atoms with E-state index in [-0.39, 0.29) is 15.8 Å². The molecule has 0 bridgehead atoms. The molecular weight excluding hydrogens is 328 g/mol. The Balaban J connectivity index is 2.45. The molecule has 0 saturated carbocycles. The number of halogens is 5. The molecule has 0 aliphatic heterocycles. The fourth-order valence-corrected chi connectivity index (χ4v) is 1.78. The minimum absolute atomic E-state index is 0.0891. The second-order valence-electron chi connectivity index (χ2n) is 3.73. The molecule has 0 amide bonds. The first-order valence-corrected chi connectivity index (χ1v) is 5.84. The average molecular weight is 335 g/mol. The normalized spacial score (nSPS) is 10.6. The summed E-state index contributed by atoms with van der Waals surface area (Å²) < 4.78 is 53.7. The van der Waals surface area contributed by atoms with Crippen LogP contribution in [0.3, 0.4) is 0 Å². The highest BCUT2D eigenvalue weighted by Crippen LogP contribution is 2.29. The van der Waals surface area contributed by atoms with Crippen LogP contribution >= 0.6 is 15.9 Å². The van der Waals surface area contributed by atoms with E-state index < -0.39 is 29.0 Å². The molecule has 0 saturated heterocycles. The minimum atomic E-state index is -1.000. The van der Waals surface area contributed by atoms with Crippen molar-refractivity contribution in [2.24, 2.45) is 0 Å². The van der Waals surface area contributed by atoms with Gasteiger partial charge in [0.05, 0.1) is 10.2 Å². The van der Waals surface area contributed by atoms with Crippen LogP contribution in [0.5, 0.6) is 0 Å². The lowest BCUT2D eigenvalue weighted by atomic mass is 10.2. The molecule has 19 heavy (non-hydrogen) atoms. The Morgan fingerprint density at radius 1 is 0.842 bits per heavy atom. The molecule has 2 nitrogen and oxygen atoms in total. The maximum atomic E-state index is 13.5. The van der Waals surface area contributed by atoms with Crippen molar-refractivity contribution in [3.8, 4) is 0 Å². The van der Waals surface area contributed by atoms with Gasteiger partial charge in [-0.3, -0.25) is 0 Å². The van der Waals surface area contributed by atoms with Crippen molar-refractivity contribution in [2.75, 3.05) is 11.1 Å². The van der Waals surface area contributed by atoms with Gasteiger partial charge in [0, 0.05) is 11.8 Å². The largest absolute Gasteiger partial charge is 0.399 e. The van der Waals surface area contributed by atoms with Crippen molar-refractivity contribution in [1.29, 1.82) is 0 Å². The Bertz CT molecular complexity index is 623. The summed E-state index contributed by atoms with van der Waals surface area (Å²) in [4.78, 5) is 0. The summed E-state index contributed by atoms with van der Waals surface area (Å²) in [7, 11) is 0. The van der Waals surface area contributed by atoms with Crippen LogP contribution in [0.1, 0.15) is 0 Å². The smallest absolute Gasteiger partial charge is 0.151 e. The lowest BCUT2D eigenvalue weighted by molar-refractivity contribution is 0.586. The monoisotopic (exact) mass is 334 g/mol. The molecule has 0 spiro atoms. The highest BCUT2D eigenvalue weighted by molar-refractivity contribution is 9.10. The van der Waals surface area contributed by atoms with Crippen LogP contribution in [0.15, 0.2) is 28.7 Å². The van der Waals surface area contributed by atoms with Gasteiger partial charge in [0.2, 0.25) is 0 Å². The van der Waals surface area contributed by atoms with Gasteiger partial charge in [-0.1, -0.05) is 0 Å². The number of nitrogen functional groups attached to an aromatic ring is 1. The summed E-state index contributed by atoms with van der Waals surface area (Å²) in [6.07, 6.45) is 0. The quantitative estimate of drug-likeness (QED) is 0.487. The maximum Gasteiger partial charge on any atom is 0.151 e.